The maximum absolute atomic E-state index is 14.3. The van der Waals surface area contributed by atoms with Gasteiger partial charge in [0.1, 0.15) is 11.5 Å². The molecule has 0 spiro atoms. The number of amides is 1. The van der Waals surface area contributed by atoms with Gasteiger partial charge < -0.3 is 5.32 Å². The highest BCUT2D eigenvalue weighted by atomic mass is 19.4. The van der Waals surface area contributed by atoms with Crippen LogP contribution in [0.5, 0.6) is 0 Å². The van der Waals surface area contributed by atoms with Gasteiger partial charge in [-0.25, -0.2) is 9.37 Å². The number of rotatable bonds is 4. The fourth-order valence-corrected chi connectivity index (χ4v) is 4.37. The Labute approximate surface area is 189 Å². The van der Waals surface area contributed by atoms with Gasteiger partial charge in [-0.3, -0.25) is 9.78 Å². The number of carbonyl (C=O) groups excluding carboxylic acids is 1. The molecule has 1 aliphatic rings. The van der Waals surface area contributed by atoms with Crippen LogP contribution in [0.15, 0.2) is 54.9 Å². The molecule has 1 saturated carbocycles. The van der Waals surface area contributed by atoms with E-state index < -0.39 is 23.8 Å². The summed E-state index contributed by atoms with van der Waals surface area (Å²) in [5.41, 5.74) is 2.52. The fraction of sp³-hybridized carbons (Fsp3) is 0.320. The van der Waals surface area contributed by atoms with Crippen LogP contribution in [-0.4, -0.2) is 22.1 Å². The lowest BCUT2D eigenvalue weighted by molar-refractivity contribution is -0.183. The molecule has 0 unspecified atom stereocenters. The van der Waals surface area contributed by atoms with E-state index in [-0.39, 0.29) is 30.0 Å². The first-order chi connectivity index (χ1) is 15.7. The Bertz CT molecular complexity index is 1160. The van der Waals surface area contributed by atoms with E-state index in [4.69, 9.17) is 0 Å². The van der Waals surface area contributed by atoms with Crippen molar-refractivity contribution in [1.29, 1.82) is 0 Å². The molecule has 3 aromatic rings. The van der Waals surface area contributed by atoms with Crippen LogP contribution in [0.25, 0.3) is 11.3 Å². The normalized spacial score (nSPS) is 18.7. The zero-order chi connectivity index (χ0) is 23.6. The smallest absolute Gasteiger partial charge is 0.319 e. The summed E-state index contributed by atoms with van der Waals surface area (Å²) >= 11 is 0. The van der Waals surface area contributed by atoms with E-state index in [2.05, 4.69) is 15.3 Å². The van der Waals surface area contributed by atoms with E-state index in [1.54, 1.807) is 30.3 Å². The van der Waals surface area contributed by atoms with E-state index in [9.17, 15) is 22.4 Å². The largest absolute Gasteiger partial charge is 0.391 e. The molecule has 0 radical (unpaired) electrons. The molecule has 0 aliphatic heterocycles. The van der Waals surface area contributed by atoms with E-state index in [0.29, 0.717) is 29.8 Å². The number of carbonyl (C=O) groups is 1. The number of hydrogen-bond donors (Lipinski definition) is 1. The molecule has 2 atom stereocenters. The Balaban J connectivity index is 1.57. The molecule has 2 heterocycles. The third-order valence-corrected chi connectivity index (χ3v) is 6.06. The van der Waals surface area contributed by atoms with Crippen LogP contribution in [0.4, 0.5) is 23.2 Å². The summed E-state index contributed by atoms with van der Waals surface area (Å²) in [6, 6.07) is 11.0. The summed E-state index contributed by atoms with van der Waals surface area (Å²) in [6.07, 6.45) is -0.0908. The van der Waals surface area contributed by atoms with E-state index in [1.807, 2.05) is 6.92 Å². The molecule has 4 nitrogen and oxygen atoms in total. The molecule has 1 aromatic carbocycles. The second-order valence-corrected chi connectivity index (χ2v) is 8.41. The maximum Gasteiger partial charge on any atom is 0.391 e. The standard InChI is InChI=1S/C25H23F4N3O/c1-15-8-9-20(26)19(12-15)21-6-3-7-22(31-21)24(33)32-23-14-30-11-10-18(23)16-4-2-5-17(13-16)25(27,28)29/h3,6-12,14,16-17H,2,4-5,13H2,1H3,(H,32,33)/t16-,17+/m0/s1. The zero-order valence-corrected chi connectivity index (χ0v) is 18.0. The van der Waals surface area contributed by atoms with E-state index in [0.717, 1.165) is 5.56 Å². The molecule has 1 aliphatic carbocycles. The first-order valence-electron chi connectivity index (χ1n) is 10.8. The third kappa shape index (κ3) is 5.21. The van der Waals surface area contributed by atoms with Gasteiger partial charge in [0, 0.05) is 11.8 Å². The van der Waals surface area contributed by atoms with Gasteiger partial charge in [0.25, 0.3) is 5.91 Å². The number of benzene rings is 1. The van der Waals surface area contributed by atoms with Gasteiger partial charge in [0.05, 0.1) is 23.5 Å². The van der Waals surface area contributed by atoms with Crippen LogP contribution in [0.3, 0.4) is 0 Å². The second kappa shape index (κ2) is 9.29. The van der Waals surface area contributed by atoms with Crippen molar-refractivity contribution in [3.05, 3.63) is 77.5 Å². The Morgan fingerprint density at radius 3 is 2.73 bits per heavy atom. The minimum atomic E-state index is -4.23. The lowest BCUT2D eigenvalue weighted by atomic mass is 9.77. The summed E-state index contributed by atoms with van der Waals surface area (Å²) in [7, 11) is 0. The van der Waals surface area contributed by atoms with Crippen molar-refractivity contribution < 1.29 is 22.4 Å². The van der Waals surface area contributed by atoms with Gasteiger partial charge in [-0.2, -0.15) is 13.2 Å². The van der Waals surface area contributed by atoms with Crippen LogP contribution in [0.2, 0.25) is 0 Å². The fourth-order valence-electron chi connectivity index (χ4n) is 4.37. The summed E-state index contributed by atoms with van der Waals surface area (Å²) in [5, 5.41) is 2.74. The van der Waals surface area contributed by atoms with Crippen LogP contribution in [0, 0.1) is 18.7 Å². The van der Waals surface area contributed by atoms with Crippen LogP contribution < -0.4 is 5.32 Å². The number of aryl methyl sites for hydroxylation is 1. The summed E-state index contributed by atoms with van der Waals surface area (Å²) < 4.78 is 54.1. The average Bonchev–Trinajstić information content (AvgIpc) is 2.80. The van der Waals surface area contributed by atoms with Gasteiger partial charge in [0.15, 0.2) is 0 Å². The lowest BCUT2D eigenvalue weighted by Crippen LogP contribution is -2.28. The Morgan fingerprint density at radius 1 is 1.12 bits per heavy atom. The molecular formula is C25H23F4N3O. The first-order valence-corrected chi connectivity index (χ1v) is 10.8. The number of anilines is 1. The zero-order valence-electron chi connectivity index (χ0n) is 18.0. The van der Waals surface area contributed by atoms with Crippen molar-refractivity contribution in [3.63, 3.8) is 0 Å². The monoisotopic (exact) mass is 457 g/mol. The minimum Gasteiger partial charge on any atom is -0.319 e. The lowest BCUT2D eigenvalue weighted by Gasteiger charge is -2.31. The highest BCUT2D eigenvalue weighted by Gasteiger charge is 2.42. The Kier molecular flexibility index (Phi) is 6.44. The molecule has 4 rings (SSSR count). The molecular weight excluding hydrogens is 434 g/mol. The van der Waals surface area contributed by atoms with Crippen molar-refractivity contribution in [2.24, 2.45) is 5.92 Å². The first kappa shape index (κ1) is 22.9. The highest BCUT2D eigenvalue weighted by Crippen LogP contribution is 2.45. The molecule has 1 amide bonds. The molecule has 0 bridgehead atoms. The van der Waals surface area contributed by atoms with Crippen LogP contribution in [-0.2, 0) is 0 Å². The molecule has 1 N–H and O–H groups in total. The summed E-state index contributed by atoms with van der Waals surface area (Å²) in [4.78, 5) is 21.3. The Morgan fingerprint density at radius 2 is 1.94 bits per heavy atom. The predicted molar refractivity (Wildman–Crippen MR) is 117 cm³/mol. The van der Waals surface area contributed by atoms with Crippen molar-refractivity contribution in [2.75, 3.05) is 5.32 Å². The highest BCUT2D eigenvalue weighted by molar-refractivity contribution is 6.03. The van der Waals surface area contributed by atoms with Gasteiger partial charge in [0.2, 0.25) is 0 Å². The van der Waals surface area contributed by atoms with Crippen molar-refractivity contribution in [2.45, 2.75) is 44.7 Å². The molecule has 8 heteroatoms. The van der Waals surface area contributed by atoms with Crippen LogP contribution >= 0.6 is 0 Å². The van der Waals surface area contributed by atoms with E-state index >= 15 is 0 Å². The topological polar surface area (TPSA) is 54.9 Å². The number of aromatic nitrogens is 2. The maximum atomic E-state index is 14.3. The van der Waals surface area contributed by atoms with Crippen molar-refractivity contribution >= 4 is 11.6 Å². The van der Waals surface area contributed by atoms with E-state index in [1.165, 1.54) is 24.5 Å². The number of pyridine rings is 2. The van der Waals surface area contributed by atoms with Gasteiger partial charge in [-0.15, -0.1) is 0 Å². The van der Waals surface area contributed by atoms with Crippen LogP contribution in [0.1, 0.15) is 53.2 Å². The van der Waals surface area contributed by atoms with Gasteiger partial charge >= 0.3 is 6.18 Å². The van der Waals surface area contributed by atoms with Gasteiger partial charge in [-0.05, 0) is 68.0 Å². The predicted octanol–water partition coefficient (Wildman–Crippen LogP) is 6.68. The second-order valence-electron chi connectivity index (χ2n) is 8.41. The Hall–Kier alpha value is -3.29. The molecule has 33 heavy (non-hydrogen) atoms. The number of alkyl halides is 3. The number of nitrogens with zero attached hydrogens (tertiary/aromatic N) is 2. The van der Waals surface area contributed by atoms with Gasteiger partial charge in [-0.1, -0.05) is 24.1 Å². The quantitative estimate of drug-likeness (QED) is 0.445. The molecule has 172 valence electrons. The SMILES string of the molecule is Cc1ccc(F)c(-c2cccc(C(=O)Nc3cnccc3[C@H]3CCC[C@@H](C(F)(F)F)C3)n2)c1. The molecule has 1 fully saturated rings. The average molecular weight is 457 g/mol. The van der Waals surface area contributed by atoms with Crippen molar-refractivity contribution in [1.82, 2.24) is 9.97 Å². The number of nitrogens with one attached hydrogen (secondary N) is 1. The number of hydrogen-bond acceptors (Lipinski definition) is 3. The minimum absolute atomic E-state index is 0.0171. The summed E-state index contributed by atoms with van der Waals surface area (Å²) in [6.45, 7) is 1.83. The third-order valence-electron chi connectivity index (χ3n) is 6.06. The molecule has 2 aromatic heterocycles. The number of halogens is 4. The summed E-state index contributed by atoms with van der Waals surface area (Å²) in [5.74, 6) is -2.67. The van der Waals surface area contributed by atoms with Crippen molar-refractivity contribution in [3.8, 4) is 11.3 Å². The molecule has 0 saturated heterocycles.